The summed E-state index contributed by atoms with van der Waals surface area (Å²) in [5, 5.41) is 9.80. The largest absolute Gasteiger partial charge is 0.481 e. The Balaban J connectivity index is 2.33. The van der Waals surface area contributed by atoms with Crippen molar-refractivity contribution in [3.05, 3.63) is 34.5 Å². The first-order chi connectivity index (χ1) is 7.58. The second-order valence-corrected chi connectivity index (χ2v) is 4.66. The van der Waals surface area contributed by atoms with Crippen LogP contribution >= 0.6 is 15.9 Å². The number of benzene rings is 1. The molecule has 1 aromatic heterocycles. The standard InChI is InChI=1S/C12H11BrO3/c1-7(12(14)15)5-8-6-9-10(13)3-2-4-11(9)16-8/h2-4,6-7H,5H2,1H3,(H,14,15). The van der Waals surface area contributed by atoms with E-state index in [1.165, 1.54) is 0 Å². The van der Waals surface area contributed by atoms with Crippen molar-refractivity contribution in [3.8, 4) is 0 Å². The van der Waals surface area contributed by atoms with E-state index in [1.807, 2.05) is 24.3 Å². The first-order valence-corrected chi connectivity index (χ1v) is 5.77. The summed E-state index contributed by atoms with van der Waals surface area (Å²) in [4.78, 5) is 10.7. The zero-order chi connectivity index (χ0) is 11.7. The molecule has 2 aromatic rings. The Morgan fingerprint density at radius 2 is 2.31 bits per heavy atom. The van der Waals surface area contributed by atoms with Crippen molar-refractivity contribution in [2.45, 2.75) is 13.3 Å². The molecule has 3 nitrogen and oxygen atoms in total. The van der Waals surface area contributed by atoms with Crippen LogP contribution in [0.1, 0.15) is 12.7 Å². The Hall–Kier alpha value is -1.29. The number of halogens is 1. The maximum Gasteiger partial charge on any atom is 0.306 e. The molecule has 1 atom stereocenters. The Labute approximate surface area is 101 Å². The van der Waals surface area contributed by atoms with Crippen LogP contribution in [0.25, 0.3) is 11.0 Å². The van der Waals surface area contributed by atoms with E-state index in [0.717, 1.165) is 15.4 Å². The molecule has 4 heteroatoms. The lowest BCUT2D eigenvalue weighted by atomic mass is 10.1. The summed E-state index contributed by atoms with van der Waals surface area (Å²) in [5.74, 6) is -0.532. The first kappa shape index (κ1) is 11.2. The van der Waals surface area contributed by atoms with E-state index in [4.69, 9.17) is 9.52 Å². The number of aliphatic carboxylic acids is 1. The average Bonchev–Trinajstić information content (AvgIpc) is 2.61. The van der Waals surface area contributed by atoms with Gasteiger partial charge in [0.1, 0.15) is 11.3 Å². The Kier molecular flexibility index (Phi) is 3.01. The highest BCUT2D eigenvalue weighted by molar-refractivity contribution is 9.10. The van der Waals surface area contributed by atoms with Gasteiger partial charge in [0.15, 0.2) is 0 Å². The minimum atomic E-state index is -0.806. The summed E-state index contributed by atoms with van der Waals surface area (Å²) in [6.45, 7) is 1.67. The predicted molar refractivity (Wildman–Crippen MR) is 64.4 cm³/mol. The van der Waals surface area contributed by atoms with Crippen LogP contribution in [0.4, 0.5) is 0 Å². The van der Waals surface area contributed by atoms with Gasteiger partial charge < -0.3 is 9.52 Å². The van der Waals surface area contributed by atoms with Crippen molar-refractivity contribution in [2.75, 3.05) is 0 Å². The van der Waals surface area contributed by atoms with Crippen LogP contribution < -0.4 is 0 Å². The molecule has 0 aliphatic carbocycles. The lowest BCUT2D eigenvalue weighted by Gasteiger charge is -2.01. The lowest BCUT2D eigenvalue weighted by molar-refractivity contribution is -0.141. The molecular weight excluding hydrogens is 272 g/mol. The van der Waals surface area contributed by atoms with E-state index >= 15 is 0 Å². The third-order valence-electron chi connectivity index (χ3n) is 2.49. The molecule has 84 valence electrons. The summed E-state index contributed by atoms with van der Waals surface area (Å²) in [6, 6.07) is 7.58. The Bertz CT molecular complexity index is 530. The zero-order valence-corrected chi connectivity index (χ0v) is 10.3. The van der Waals surface area contributed by atoms with E-state index in [0.29, 0.717) is 12.2 Å². The van der Waals surface area contributed by atoms with E-state index in [1.54, 1.807) is 6.92 Å². The maximum atomic E-state index is 10.7. The summed E-state index contributed by atoms with van der Waals surface area (Å²) in [5.41, 5.74) is 0.780. The highest BCUT2D eigenvalue weighted by Crippen LogP contribution is 2.27. The van der Waals surface area contributed by atoms with Crippen molar-refractivity contribution >= 4 is 32.9 Å². The molecule has 0 radical (unpaired) electrons. The molecule has 2 rings (SSSR count). The highest BCUT2D eigenvalue weighted by Gasteiger charge is 2.15. The van der Waals surface area contributed by atoms with E-state index in [-0.39, 0.29) is 0 Å². The van der Waals surface area contributed by atoms with Crippen molar-refractivity contribution in [1.82, 2.24) is 0 Å². The summed E-state index contributed by atoms with van der Waals surface area (Å²) in [6.07, 6.45) is 0.413. The number of carbonyl (C=O) groups is 1. The molecule has 0 aliphatic rings. The number of hydrogen-bond donors (Lipinski definition) is 1. The third-order valence-corrected chi connectivity index (χ3v) is 3.18. The van der Waals surface area contributed by atoms with Gasteiger partial charge >= 0.3 is 5.97 Å². The minimum Gasteiger partial charge on any atom is -0.481 e. The number of rotatable bonds is 3. The highest BCUT2D eigenvalue weighted by atomic mass is 79.9. The fourth-order valence-electron chi connectivity index (χ4n) is 1.57. The van der Waals surface area contributed by atoms with Gasteiger partial charge in [0.2, 0.25) is 0 Å². The summed E-state index contributed by atoms with van der Waals surface area (Å²) < 4.78 is 6.54. The zero-order valence-electron chi connectivity index (χ0n) is 8.74. The quantitative estimate of drug-likeness (QED) is 0.938. The van der Waals surface area contributed by atoms with Gasteiger partial charge in [-0.2, -0.15) is 0 Å². The molecular formula is C12H11BrO3. The summed E-state index contributed by atoms with van der Waals surface area (Å²) in [7, 11) is 0. The molecule has 0 bridgehead atoms. The molecule has 0 saturated carbocycles. The van der Waals surface area contributed by atoms with Gasteiger partial charge in [0.25, 0.3) is 0 Å². The fraction of sp³-hybridized carbons (Fsp3) is 0.250. The average molecular weight is 283 g/mol. The topological polar surface area (TPSA) is 50.4 Å². The van der Waals surface area contributed by atoms with Gasteiger partial charge in [0.05, 0.1) is 5.92 Å². The molecule has 0 aliphatic heterocycles. The second-order valence-electron chi connectivity index (χ2n) is 3.81. The molecule has 0 spiro atoms. The van der Waals surface area contributed by atoms with Gasteiger partial charge in [-0.15, -0.1) is 0 Å². The van der Waals surface area contributed by atoms with Gasteiger partial charge in [-0.1, -0.05) is 28.9 Å². The number of hydrogen-bond acceptors (Lipinski definition) is 2. The van der Waals surface area contributed by atoms with Crippen LogP contribution in [0.15, 0.2) is 33.2 Å². The third kappa shape index (κ3) is 2.11. The fourth-order valence-corrected chi connectivity index (χ4v) is 2.03. The normalized spacial score (nSPS) is 12.9. The van der Waals surface area contributed by atoms with Crippen LogP contribution in [0.5, 0.6) is 0 Å². The lowest BCUT2D eigenvalue weighted by Crippen LogP contribution is -2.11. The van der Waals surface area contributed by atoms with Crippen LogP contribution in [-0.2, 0) is 11.2 Å². The smallest absolute Gasteiger partial charge is 0.306 e. The number of furan rings is 1. The molecule has 1 heterocycles. The first-order valence-electron chi connectivity index (χ1n) is 4.97. The molecule has 0 saturated heterocycles. The molecule has 1 unspecified atom stereocenters. The van der Waals surface area contributed by atoms with Gasteiger partial charge in [-0.25, -0.2) is 0 Å². The molecule has 1 N–H and O–H groups in total. The monoisotopic (exact) mass is 282 g/mol. The molecule has 0 fully saturated rings. The van der Waals surface area contributed by atoms with Gasteiger partial charge in [-0.3, -0.25) is 4.79 Å². The van der Waals surface area contributed by atoms with Gasteiger partial charge in [0, 0.05) is 16.3 Å². The number of carboxylic acids is 1. The Morgan fingerprint density at radius 3 is 2.94 bits per heavy atom. The van der Waals surface area contributed by atoms with Crippen molar-refractivity contribution in [1.29, 1.82) is 0 Å². The SMILES string of the molecule is CC(Cc1cc2c(Br)cccc2o1)C(=O)O. The van der Waals surface area contributed by atoms with Crippen LogP contribution in [0, 0.1) is 5.92 Å². The second kappa shape index (κ2) is 4.29. The van der Waals surface area contributed by atoms with E-state index in [2.05, 4.69) is 15.9 Å². The predicted octanol–water partition coefficient (Wildman–Crippen LogP) is 3.46. The Morgan fingerprint density at radius 1 is 1.56 bits per heavy atom. The molecule has 16 heavy (non-hydrogen) atoms. The molecule has 1 aromatic carbocycles. The van der Waals surface area contributed by atoms with Crippen LogP contribution in [0.3, 0.4) is 0 Å². The number of fused-ring (bicyclic) bond motifs is 1. The van der Waals surface area contributed by atoms with E-state index in [9.17, 15) is 4.79 Å². The number of carboxylic acid groups (broad SMARTS) is 1. The van der Waals surface area contributed by atoms with Gasteiger partial charge in [-0.05, 0) is 18.2 Å². The summed E-state index contributed by atoms with van der Waals surface area (Å²) >= 11 is 3.43. The molecule has 0 amide bonds. The van der Waals surface area contributed by atoms with Crippen LogP contribution in [0.2, 0.25) is 0 Å². The van der Waals surface area contributed by atoms with Crippen molar-refractivity contribution in [2.24, 2.45) is 5.92 Å². The maximum absolute atomic E-state index is 10.7. The van der Waals surface area contributed by atoms with Crippen LogP contribution in [-0.4, -0.2) is 11.1 Å². The van der Waals surface area contributed by atoms with Crippen molar-refractivity contribution in [3.63, 3.8) is 0 Å². The van der Waals surface area contributed by atoms with Crippen molar-refractivity contribution < 1.29 is 14.3 Å². The minimum absolute atomic E-state index is 0.413. The van der Waals surface area contributed by atoms with E-state index < -0.39 is 11.9 Å².